The van der Waals surface area contributed by atoms with Crippen molar-refractivity contribution in [3.8, 4) is 51.7 Å². The van der Waals surface area contributed by atoms with Crippen LogP contribution in [-0.2, 0) is 4.79 Å². The maximum atomic E-state index is 13.5. The first-order valence-electron chi connectivity index (χ1n) is 12.5. The zero-order chi connectivity index (χ0) is 30.9. The molecule has 0 heterocycles. The molecule has 0 aliphatic carbocycles. The second-order valence-corrected chi connectivity index (χ2v) is 14.6. The zero-order valence-corrected chi connectivity index (χ0v) is 28.1. The molecular weight excluding hydrogens is 601 g/mol. The molecule has 0 aromatic heterocycles. The van der Waals surface area contributed by atoms with E-state index in [1.165, 1.54) is 0 Å². The molecule has 0 N–H and O–H groups in total. The monoisotopic (exact) mass is 638 g/mol. The highest BCUT2D eigenvalue weighted by atomic mass is 31.2. The molecule has 0 aliphatic rings. The maximum absolute atomic E-state index is 13.5. The third-order valence-electron chi connectivity index (χ3n) is 6.29. The minimum atomic E-state index is -1.03. The molecule has 0 radical (unpaired) electrons. The van der Waals surface area contributed by atoms with Gasteiger partial charge in [-0.2, -0.15) is 0 Å². The number of carbonyl (C=O) groups is 1. The van der Waals surface area contributed by atoms with Gasteiger partial charge >= 0.3 is 0 Å². The molecular formula is C29H37O10P3. The molecule has 0 aliphatic heterocycles. The Bertz CT molecular complexity index is 1150. The second kappa shape index (κ2) is 15.3. The lowest BCUT2D eigenvalue weighted by atomic mass is 10.3. The number of carbonyl (C=O) groups excluding carboxylic acids is 1. The van der Waals surface area contributed by atoms with Gasteiger partial charge in [0, 0.05) is 36.4 Å². The van der Waals surface area contributed by atoms with E-state index in [4.69, 9.17) is 42.6 Å². The maximum Gasteiger partial charge on any atom is 0.139 e. The largest absolute Gasteiger partial charge is 0.496 e. The standard InChI is InChI=1S/C29H37O10P3/c1-31-17-10-20(34-4)26(21(11-17)35-5)40-29(16-30,41-27-22(36-6)12-18(32-2)13-23(27)37-7)42-28-24(38-8)14-19(33-3)15-25(28)39-9/h10-16,40-42H,1-9H3. The van der Waals surface area contributed by atoms with Crippen molar-refractivity contribution in [3.63, 3.8) is 0 Å². The average Bonchev–Trinajstić information content (AvgIpc) is 3.04. The van der Waals surface area contributed by atoms with E-state index in [0.717, 1.165) is 22.2 Å². The lowest BCUT2D eigenvalue weighted by Gasteiger charge is -2.32. The molecule has 10 nitrogen and oxygen atoms in total. The fourth-order valence-electron chi connectivity index (χ4n) is 4.16. The van der Waals surface area contributed by atoms with Gasteiger partial charge in [0.05, 0.1) is 84.5 Å². The normalized spacial score (nSPS) is 12.9. The van der Waals surface area contributed by atoms with Gasteiger partial charge in [-0.15, -0.1) is 0 Å². The van der Waals surface area contributed by atoms with Crippen molar-refractivity contribution < 1.29 is 47.4 Å². The van der Waals surface area contributed by atoms with Crippen molar-refractivity contribution in [2.75, 3.05) is 64.0 Å². The van der Waals surface area contributed by atoms with Crippen LogP contribution in [0.2, 0.25) is 0 Å². The predicted octanol–water partition coefficient (Wildman–Crippen LogP) is 3.93. The first-order chi connectivity index (χ1) is 20.3. The molecule has 0 saturated carbocycles. The van der Waals surface area contributed by atoms with E-state index < -0.39 is 4.64 Å². The van der Waals surface area contributed by atoms with Gasteiger partial charge < -0.3 is 47.4 Å². The Hall–Kier alpha value is -3.18. The van der Waals surface area contributed by atoms with Crippen LogP contribution in [-0.4, -0.2) is 74.9 Å². The highest BCUT2D eigenvalue weighted by Crippen LogP contribution is 2.60. The quantitative estimate of drug-likeness (QED) is 0.170. The first kappa shape index (κ1) is 33.3. The lowest BCUT2D eigenvalue weighted by Crippen LogP contribution is -2.26. The van der Waals surface area contributed by atoms with E-state index in [-0.39, 0.29) is 25.7 Å². The second-order valence-electron chi connectivity index (χ2n) is 8.52. The van der Waals surface area contributed by atoms with Crippen LogP contribution in [0.4, 0.5) is 0 Å². The molecule has 3 aromatic carbocycles. The number of hydrogen-bond acceptors (Lipinski definition) is 10. The molecule has 0 bridgehead atoms. The number of benzene rings is 3. The van der Waals surface area contributed by atoms with Crippen molar-refractivity contribution in [1.29, 1.82) is 0 Å². The Morgan fingerprint density at radius 1 is 0.429 bits per heavy atom. The molecule has 3 aromatic rings. The van der Waals surface area contributed by atoms with Crippen LogP contribution in [0.3, 0.4) is 0 Å². The predicted molar refractivity (Wildman–Crippen MR) is 171 cm³/mol. The summed E-state index contributed by atoms with van der Waals surface area (Å²) < 4.78 is 49.9. The van der Waals surface area contributed by atoms with E-state index in [2.05, 4.69) is 0 Å². The topological polar surface area (TPSA) is 100 Å². The van der Waals surface area contributed by atoms with Gasteiger partial charge in [0.25, 0.3) is 0 Å². The molecule has 3 unspecified atom stereocenters. The SMILES string of the molecule is COc1cc(OC)c(PC(C=O)(Pc2c(OC)cc(OC)cc2OC)Pc2c(OC)cc(OC)cc2OC)c(OC)c1. The number of ether oxygens (including phenoxy) is 9. The molecule has 3 rings (SSSR count). The Morgan fingerprint density at radius 2 is 0.643 bits per heavy atom. The Kier molecular flexibility index (Phi) is 12.2. The summed E-state index contributed by atoms with van der Waals surface area (Å²) in [5.41, 5.74) is 0. The molecule has 0 spiro atoms. The molecule has 228 valence electrons. The van der Waals surface area contributed by atoms with Crippen molar-refractivity contribution >= 4 is 47.9 Å². The Labute approximate surface area is 251 Å². The van der Waals surface area contributed by atoms with Crippen LogP contribution in [0.25, 0.3) is 0 Å². The summed E-state index contributed by atoms with van der Waals surface area (Å²) in [7, 11) is 13.8. The van der Waals surface area contributed by atoms with Crippen LogP contribution in [0.5, 0.6) is 51.7 Å². The van der Waals surface area contributed by atoms with Crippen LogP contribution in [0, 0.1) is 0 Å². The Morgan fingerprint density at radius 3 is 0.786 bits per heavy atom. The molecule has 42 heavy (non-hydrogen) atoms. The van der Waals surface area contributed by atoms with Gasteiger partial charge in [-0.3, -0.25) is 0 Å². The van der Waals surface area contributed by atoms with Crippen LogP contribution < -0.4 is 58.5 Å². The van der Waals surface area contributed by atoms with Gasteiger partial charge in [0.2, 0.25) is 0 Å². The zero-order valence-electron chi connectivity index (χ0n) is 25.1. The number of methoxy groups -OCH3 is 9. The highest BCUT2D eigenvalue weighted by Gasteiger charge is 2.38. The van der Waals surface area contributed by atoms with E-state index >= 15 is 0 Å². The number of rotatable bonds is 16. The first-order valence-corrected chi connectivity index (χ1v) is 15.5. The van der Waals surface area contributed by atoms with Gasteiger partial charge in [-0.1, -0.05) is 25.7 Å². The summed E-state index contributed by atoms with van der Waals surface area (Å²) >= 11 is 0. The van der Waals surface area contributed by atoms with Gasteiger partial charge in [-0.05, 0) is 0 Å². The highest BCUT2D eigenvalue weighted by molar-refractivity contribution is 7.85. The van der Waals surface area contributed by atoms with E-state index in [1.807, 2.05) is 0 Å². The summed E-state index contributed by atoms with van der Waals surface area (Å²) in [6.07, 6.45) is 0.984. The van der Waals surface area contributed by atoms with Crippen molar-refractivity contribution in [3.05, 3.63) is 36.4 Å². The van der Waals surface area contributed by atoms with Crippen LogP contribution in [0.15, 0.2) is 36.4 Å². The summed E-state index contributed by atoms with van der Waals surface area (Å²) in [5.74, 6) is 4.91. The van der Waals surface area contributed by atoms with Crippen LogP contribution in [0.1, 0.15) is 0 Å². The van der Waals surface area contributed by atoms with E-state index in [0.29, 0.717) is 51.7 Å². The average molecular weight is 639 g/mol. The van der Waals surface area contributed by atoms with Crippen molar-refractivity contribution in [2.24, 2.45) is 0 Å². The molecule has 13 heteroatoms. The third kappa shape index (κ3) is 7.23. The lowest BCUT2D eigenvalue weighted by molar-refractivity contribution is -0.106. The van der Waals surface area contributed by atoms with E-state index in [9.17, 15) is 4.79 Å². The summed E-state index contributed by atoms with van der Waals surface area (Å²) in [6, 6.07) is 10.6. The van der Waals surface area contributed by atoms with E-state index in [1.54, 1.807) is 100 Å². The smallest absolute Gasteiger partial charge is 0.139 e. The van der Waals surface area contributed by atoms with Gasteiger partial charge in [-0.25, -0.2) is 0 Å². The number of hydrogen-bond donors (Lipinski definition) is 0. The third-order valence-corrected chi connectivity index (χ3v) is 12.3. The summed E-state index contributed by atoms with van der Waals surface area (Å²) in [6.45, 7) is 0. The minimum absolute atomic E-state index is 0.121. The van der Waals surface area contributed by atoms with Crippen LogP contribution >= 0.6 is 25.7 Å². The molecule has 0 amide bonds. The number of aldehydes is 1. The van der Waals surface area contributed by atoms with Gasteiger partial charge in [0.1, 0.15) is 58.0 Å². The molecule has 0 saturated heterocycles. The molecule has 0 fully saturated rings. The van der Waals surface area contributed by atoms with Crippen molar-refractivity contribution in [2.45, 2.75) is 4.64 Å². The molecule has 3 atom stereocenters. The minimum Gasteiger partial charge on any atom is -0.496 e. The fourth-order valence-corrected chi connectivity index (χ4v) is 10.3. The summed E-state index contributed by atoms with van der Waals surface area (Å²) in [5, 5.41) is 2.18. The fraction of sp³-hybridized carbons (Fsp3) is 0.345. The van der Waals surface area contributed by atoms with Gasteiger partial charge in [0.15, 0.2) is 0 Å². The summed E-state index contributed by atoms with van der Waals surface area (Å²) in [4.78, 5) is 13.5. The Balaban J connectivity index is 2.33. The van der Waals surface area contributed by atoms with Crippen molar-refractivity contribution in [1.82, 2.24) is 0 Å².